The summed E-state index contributed by atoms with van der Waals surface area (Å²) in [6.07, 6.45) is 0.995. The van der Waals surface area contributed by atoms with Gasteiger partial charge in [-0.05, 0) is 17.5 Å². The van der Waals surface area contributed by atoms with Crippen LogP contribution >= 0.6 is 15.9 Å². The van der Waals surface area contributed by atoms with Gasteiger partial charge >= 0.3 is 5.97 Å². The second-order valence-electron chi connectivity index (χ2n) is 4.92. The summed E-state index contributed by atoms with van der Waals surface area (Å²) in [6, 6.07) is 8.23. The Morgan fingerprint density at radius 1 is 1.35 bits per heavy atom. The van der Waals surface area contributed by atoms with Crippen molar-refractivity contribution in [3.63, 3.8) is 0 Å². The van der Waals surface area contributed by atoms with Crippen LogP contribution in [0.25, 0.3) is 0 Å². The Labute approximate surface area is 111 Å². The van der Waals surface area contributed by atoms with E-state index in [-0.39, 0.29) is 5.41 Å². The smallest absolute Gasteiger partial charge is 0.307 e. The number of aryl methyl sites for hydroxylation is 1. The average molecular weight is 299 g/mol. The maximum Gasteiger partial charge on any atom is 0.307 e. The van der Waals surface area contributed by atoms with E-state index >= 15 is 0 Å². The van der Waals surface area contributed by atoms with E-state index in [1.165, 1.54) is 5.56 Å². The molecule has 0 bridgehead atoms. The van der Waals surface area contributed by atoms with E-state index in [1.54, 1.807) is 6.92 Å². The molecule has 0 aliphatic rings. The molecule has 94 valence electrons. The lowest BCUT2D eigenvalue weighted by Gasteiger charge is -2.29. The van der Waals surface area contributed by atoms with Gasteiger partial charge in [0.2, 0.25) is 0 Å². The summed E-state index contributed by atoms with van der Waals surface area (Å²) in [5.41, 5.74) is 1.99. The molecule has 1 aromatic rings. The molecule has 0 saturated heterocycles. The van der Waals surface area contributed by atoms with Crippen LogP contribution in [0.1, 0.15) is 31.9 Å². The minimum atomic E-state index is -0.750. The van der Waals surface area contributed by atoms with Crippen molar-refractivity contribution < 1.29 is 9.90 Å². The predicted octanol–water partition coefficient (Wildman–Crippen LogP) is 3.62. The molecule has 17 heavy (non-hydrogen) atoms. The van der Waals surface area contributed by atoms with Gasteiger partial charge in [-0.1, -0.05) is 61.0 Å². The van der Waals surface area contributed by atoms with Crippen molar-refractivity contribution in [1.29, 1.82) is 0 Å². The molecule has 0 fully saturated rings. The summed E-state index contributed by atoms with van der Waals surface area (Å²) >= 11 is 3.41. The molecule has 2 nitrogen and oxygen atoms in total. The molecule has 1 aromatic carbocycles. The third-order valence-corrected chi connectivity index (χ3v) is 3.93. The third kappa shape index (κ3) is 3.32. The molecule has 1 unspecified atom stereocenters. The predicted molar refractivity (Wildman–Crippen MR) is 73.8 cm³/mol. The Bertz CT molecular complexity index is 382. The fourth-order valence-electron chi connectivity index (χ4n) is 1.77. The number of carbonyl (C=O) groups is 1. The first-order valence-corrected chi connectivity index (χ1v) is 6.90. The number of hydrogen-bond donors (Lipinski definition) is 1. The lowest BCUT2D eigenvalue weighted by Crippen LogP contribution is -2.32. The molecule has 0 aromatic heterocycles. The Morgan fingerprint density at radius 2 is 1.88 bits per heavy atom. The number of carboxylic acid groups (broad SMARTS) is 1. The molecule has 0 saturated carbocycles. The summed E-state index contributed by atoms with van der Waals surface area (Å²) in [6.45, 7) is 5.71. The molecule has 0 heterocycles. The summed E-state index contributed by atoms with van der Waals surface area (Å²) in [5, 5.41) is 10.1. The van der Waals surface area contributed by atoms with Gasteiger partial charge in [-0.2, -0.15) is 0 Å². The number of carboxylic acids is 1. The molecule has 0 aliphatic carbocycles. The minimum absolute atomic E-state index is 0.348. The third-order valence-electron chi connectivity index (χ3n) is 3.53. The van der Waals surface area contributed by atoms with Gasteiger partial charge in [-0.25, -0.2) is 0 Å². The molecular formula is C14H19BrO2. The van der Waals surface area contributed by atoms with E-state index in [4.69, 9.17) is 5.11 Å². The van der Waals surface area contributed by atoms with Crippen LogP contribution < -0.4 is 0 Å². The van der Waals surface area contributed by atoms with Crippen LogP contribution in [0.4, 0.5) is 0 Å². The minimum Gasteiger partial charge on any atom is -0.481 e. The molecular weight excluding hydrogens is 280 g/mol. The Kier molecular flexibility index (Phi) is 4.75. The fourth-order valence-corrected chi connectivity index (χ4v) is 2.23. The summed E-state index contributed by atoms with van der Waals surface area (Å²) < 4.78 is 0. The fraction of sp³-hybridized carbons (Fsp3) is 0.500. The average Bonchev–Trinajstić information content (AvgIpc) is 2.29. The van der Waals surface area contributed by atoms with E-state index in [0.717, 1.165) is 17.3 Å². The number of benzene rings is 1. The van der Waals surface area contributed by atoms with Crippen LogP contribution in [0, 0.1) is 5.92 Å². The zero-order valence-corrected chi connectivity index (χ0v) is 12.1. The van der Waals surface area contributed by atoms with Gasteiger partial charge in [0.05, 0.1) is 5.92 Å². The van der Waals surface area contributed by atoms with Gasteiger partial charge in [-0.15, -0.1) is 0 Å². The lowest BCUT2D eigenvalue weighted by molar-refractivity contribution is -0.143. The van der Waals surface area contributed by atoms with E-state index in [0.29, 0.717) is 0 Å². The van der Waals surface area contributed by atoms with Gasteiger partial charge in [0.1, 0.15) is 0 Å². The Balaban J connectivity index is 2.95. The van der Waals surface area contributed by atoms with E-state index in [1.807, 2.05) is 26.0 Å². The van der Waals surface area contributed by atoms with Gasteiger partial charge in [0.25, 0.3) is 0 Å². The molecule has 0 radical (unpaired) electrons. The molecule has 1 N–H and O–H groups in total. The first kappa shape index (κ1) is 14.2. The monoisotopic (exact) mass is 298 g/mol. The van der Waals surface area contributed by atoms with Crippen LogP contribution in [-0.2, 0) is 16.6 Å². The van der Waals surface area contributed by atoms with Crippen molar-refractivity contribution in [3.05, 3.63) is 35.4 Å². The highest BCUT2D eigenvalue weighted by atomic mass is 79.9. The quantitative estimate of drug-likeness (QED) is 0.843. The van der Waals surface area contributed by atoms with Crippen molar-refractivity contribution >= 4 is 21.9 Å². The number of alkyl halides is 1. The van der Waals surface area contributed by atoms with Gasteiger partial charge in [-0.3, -0.25) is 4.79 Å². The molecule has 3 heteroatoms. The van der Waals surface area contributed by atoms with E-state index in [2.05, 4.69) is 28.1 Å². The van der Waals surface area contributed by atoms with Crippen LogP contribution in [0.5, 0.6) is 0 Å². The number of hydrogen-bond acceptors (Lipinski definition) is 1. The van der Waals surface area contributed by atoms with Gasteiger partial charge < -0.3 is 5.11 Å². The number of halogens is 1. The Morgan fingerprint density at radius 3 is 2.29 bits per heavy atom. The maximum absolute atomic E-state index is 11.1. The van der Waals surface area contributed by atoms with Gasteiger partial charge in [0.15, 0.2) is 0 Å². The molecule has 1 atom stereocenters. The van der Waals surface area contributed by atoms with E-state index in [9.17, 15) is 4.79 Å². The van der Waals surface area contributed by atoms with Gasteiger partial charge in [0, 0.05) is 10.7 Å². The molecule has 0 amide bonds. The van der Waals surface area contributed by atoms with Crippen molar-refractivity contribution in [2.45, 2.75) is 32.6 Å². The van der Waals surface area contributed by atoms with Crippen molar-refractivity contribution in [3.8, 4) is 0 Å². The van der Waals surface area contributed by atoms with Crippen LogP contribution in [-0.4, -0.2) is 16.4 Å². The zero-order valence-electron chi connectivity index (χ0n) is 10.5. The summed E-state index contributed by atoms with van der Waals surface area (Å²) in [7, 11) is 0. The second kappa shape index (κ2) is 5.67. The van der Waals surface area contributed by atoms with E-state index < -0.39 is 11.9 Å². The highest BCUT2D eigenvalue weighted by Crippen LogP contribution is 2.31. The van der Waals surface area contributed by atoms with Crippen molar-refractivity contribution in [2.24, 2.45) is 5.92 Å². The van der Waals surface area contributed by atoms with Crippen LogP contribution in [0.2, 0.25) is 0 Å². The Hall–Kier alpha value is -0.830. The first-order chi connectivity index (χ1) is 7.89. The summed E-state index contributed by atoms with van der Waals surface area (Å²) in [4.78, 5) is 11.1. The standard InChI is InChI=1S/C14H19BrO2/c1-10(13(16)17)14(2,3)12-6-4-11(5-7-12)8-9-15/h4-7,10H,8-9H2,1-3H3,(H,16,17). The maximum atomic E-state index is 11.1. The normalized spacial score (nSPS) is 13.4. The molecule has 0 spiro atoms. The van der Waals surface area contributed by atoms with Crippen molar-refractivity contribution in [1.82, 2.24) is 0 Å². The SMILES string of the molecule is CC(C(=O)O)C(C)(C)c1ccc(CCBr)cc1. The zero-order chi connectivity index (χ0) is 13.1. The molecule has 0 aliphatic heterocycles. The van der Waals surface area contributed by atoms with Crippen LogP contribution in [0.15, 0.2) is 24.3 Å². The number of rotatable bonds is 5. The first-order valence-electron chi connectivity index (χ1n) is 5.77. The highest BCUT2D eigenvalue weighted by Gasteiger charge is 2.32. The highest BCUT2D eigenvalue weighted by molar-refractivity contribution is 9.09. The molecule has 1 rings (SSSR count). The van der Waals surface area contributed by atoms with Crippen molar-refractivity contribution in [2.75, 3.05) is 5.33 Å². The summed E-state index contributed by atoms with van der Waals surface area (Å²) in [5.74, 6) is -1.15. The largest absolute Gasteiger partial charge is 0.481 e. The van der Waals surface area contributed by atoms with Crippen LogP contribution in [0.3, 0.4) is 0 Å². The lowest BCUT2D eigenvalue weighted by atomic mass is 9.74. The topological polar surface area (TPSA) is 37.3 Å². The number of aliphatic carboxylic acids is 1. The second-order valence-corrected chi connectivity index (χ2v) is 5.71.